The van der Waals surface area contributed by atoms with Crippen molar-refractivity contribution in [2.75, 3.05) is 20.3 Å². The predicted molar refractivity (Wildman–Crippen MR) is 106 cm³/mol. The Kier molecular flexibility index (Phi) is 5.30. The number of piperidine rings is 1. The fourth-order valence-corrected chi connectivity index (χ4v) is 4.26. The van der Waals surface area contributed by atoms with Crippen LogP contribution >= 0.6 is 0 Å². The van der Waals surface area contributed by atoms with Crippen molar-refractivity contribution in [3.05, 3.63) is 41.2 Å². The molecular weight excluding hydrogens is 338 g/mol. The van der Waals surface area contributed by atoms with Crippen molar-refractivity contribution in [2.24, 2.45) is 0 Å². The number of methoxy groups -OCH3 is 1. The van der Waals surface area contributed by atoms with E-state index in [4.69, 9.17) is 4.74 Å². The second kappa shape index (κ2) is 7.85. The summed E-state index contributed by atoms with van der Waals surface area (Å²) in [4.78, 5) is 15.3. The van der Waals surface area contributed by atoms with Crippen LogP contribution in [0, 0.1) is 6.92 Å². The van der Waals surface area contributed by atoms with Gasteiger partial charge in [-0.15, -0.1) is 0 Å². The molecule has 5 nitrogen and oxygen atoms in total. The number of rotatable bonds is 6. The topological polar surface area (TPSA) is 58.2 Å². The molecule has 1 amide bonds. The Labute approximate surface area is 161 Å². The molecule has 1 saturated heterocycles. The number of nitrogens with one attached hydrogen (secondary N) is 1. The van der Waals surface area contributed by atoms with Gasteiger partial charge >= 0.3 is 0 Å². The first-order chi connectivity index (χ1) is 13.2. The van der Waals surface area contributed by atoms with Crippen LogP contribution in [0.15, 0.2) is 24.3 Å². The molecular formula is C22H29N3O2. The first kappa shape index (κ1) is 18.2. The number of aromatic amines is 1. The van der Waals surface area contributed by atoms with Crippen LogP contribution in [0.4, 0.5) is 0 Å². The molecule has 1 aliphatic carbocycles. The Morgan fingerprint density at radius 3 is 2.93 bits per heavy atom. The number of H-pyrrole nitrogens is 1. The summed E-state index contributed by atoms with van der Waals surface area (Å²) < 4.78 is 5.25. The number of hydrogen-bond donors (Lipinski definition) is 1. The van der Waals surface area contributed by atoms with E-state index in [2.05, 4.69) is 28.1 Å². The van der Waals surface area contributed by atoms with Crippen molar-refractivity contribution in [1.29, 1.82) is 0 Å². The van der Waals surface area contributed by atoms with Gasteiger partial charge in [-0.05, 0) is 63.1 Å². The maximum Gasteiger partial charge on any atom is 0.254 e. The monoisotopic (exact) mass is 367 g/mol. The van der Waals surface area contributed by atoms with Gasteiger partial charge in [0, 0.05) is 49.0 Å². The highest BCUT2D eigenvalue weighted by Crippen LogP contribution is 2.44. The van der Waals surface area contributed by atoms with Gasteiger partial charge in [-0.2, -0.15) is 5.10 Å². The summed E-state index contributed by atoms with van der Waals surface area (Å²) in [6.45, 7) is 3.61. The molecule has 0 radical (unpaired) electrons. The first-order valence-electron chi connectivity index (χ1n) is 10.1. The standard InChI is InChI=1S/C22H29N3O2/c1-15-20(21(24-23-15)16-9-10-16)17-6-5-7-18(14-17)22(26)25-12-4-3-8-19(25)11-13-27-2/h5-7,14,16,19H,3-4,8-13H2,1-2H3,(H,23,24)/t19-/m0/s1. The lowest BCUT2D eigenvalue weighted by molar-refractivity contribution is 0.0553. The molecule has 1 aromatic carbocycles. The number of aryl methyl sites for hydroxylation is 1. The van der Waals surface area contributed by atoms with E-state index in [0.717, 1.165) is 48.3 Å². The van der Waals surface area contributed by atoms with Crippen LogP contribution in [-0.4, -0.2) is 47.3 Å². The van der Waals surface area contributed by atoms with Crippen molar-refractivity contribution in [1.82, 2.24) is 15.1 Å². The maximum atomic E-state index is 13.3. The van der Waals surface area contributed by atoms with Crippen LogP contribution < -0.4 is 0 Å². The van der Waals surface area contributed by atoms with Crippen LogP contribution in [0.1, 0.15) is 66.2 Å². The third kappa shape index (κ3) is 3.79. The number of ether oxygens (including phenoxy) is 1. The van der Waals surface area contributed by atoms with Gasteiger partial charge in [0.2, 0.25) is 0 Å². The lowest BCUT2D eigenvalue weighted by Crippen LogP contribution is -2.44. The van der Waals surface area contributed by atoms with Crippen LogP contribution in [0.3, 0.4) is 0 Å². The van der Waals surface area contributed by atoms with Gasteiger partial charge in [0.25, 0.3) is 5.91 Å². The smallest absolute Gasteiger partial charge is 0.254 e. The molecule has 144 valence electrons. The molecule has 1 N–H and O–H groups in total. The number of benzene rings is 1. The average molecular weight is 367 g/mol. The van der Waals surface area contributed by atoms with Gasteiger partial charge in [0.05, 0.1) is 5.69 Å². The summed E-state index contributed by atoms with van der Waals surface area (Å²) in [6.07, 6.45) is 6.69. The fourth-order valence-electron chi connectivity index (χ4n) is 4.26. The summed E-state index contributed by atoms with van der Waals surface area (Å²) in [5, 5.41) is 7.67. The van der Waals surface area contributed by atoms with E-state index < -0.39 is 0 Å². The number of carbonyl (C=O) groups excluding carboxylic acids is 1. The molecule has 1 atom stereocenters. The van der Waals surface area contributed by atoms with Crippen molar-refractivity contribution < 1.29 is 9.53 Å². The number of likely N-dealkylation sites (tertiary alicyclic amines) is 1. The van der Waals surface area contributed by atoms with Gasteiger partial charge in [0.15, 0.2) is 0 Å². The van der Waals surface area contributed by atoms with E-state index in [0.29, 0.717) is 12.5 Å². The van der Waals surface area contributed by atoms with Gasteiger partial charge in [-0.25, -0.2) is 0 Å². The Bertz CT molecular complexity index is 810. The molecule has 0 unspecified atom stereocenters. The highest BCUT2D eigenvalue weighted by atomic mass is 16.5. The number of aromatic nitrogens is 2. The summed E-state index contributed by atoms with van der Waals surface area (Å²) in [6, 6.07) is 8.38. The minimum atomic E-state index is 0.145. The summed E-state index contributed by atoms with van der Waals surface area (Å²) in [7, 11) is 1.73. The average Bonchev–Trinajstić information content (AvgIpc) is 3.48. The van der Waals surface area contributed by atoms with Crippen molar-refractivity contribution >= 4 is 5.91 Å². The summed E-state index contributed by atoms with van der Waals surface area (Å²) >= 11 is 0. The van der Waals surface area contributed by atoms with Crippen LogP contribution in [-0.2, 0) is 4.74 Å². The van der Waals surface area contributed by atoms with Gasteiger partial charge < -0.3 is 9.64 Å². The third-order valence-corrected chi connectivity index (χ3v) is 5.88. The van der Waals surface area contributed by atoms with E-state index in [1.54, 1.807) is 7.11 Å². The number of carbonyl (C=O) groups is 1. The first-order valence-corrected chi connectivity index (χ1v) is 10.1. The van der Waals surface area contributed by atoms with E-state index in [-0.39, 0.29) is 11.9 Å². The van der Waals surface area contributed by atoms with E-state index in [1.165, 1.54) is 24.8 Å². The molecule has 2 aliphatic rings. The minimum absolute atomic E-state index is 0.145. The zero-order valence-corrected chi connectivity index (χ0v) is 16.3. The second-order valence-electron chi connectivity index (χ2n) is 7.89. The molecule has 2 fully saturated rings. The fraction of sp³-hybridized carbons (Fsp3) is 0.545. The van der Waals surface area contributed by atoms with E-state index in [1.807, 2.05) is 18.2 Å². The Balaban J connectivity index is 1.60. The summed E-state index contributed by atoms with van der Waals surface area (Å²) in [5.74, 6) is 0.719. The quantitative estimate of drug-likeness (QED) is 0.828. The number of amides is 1. The second-order valence-corrected chi connectivity index (χ2v) is 7.89. The molecule has 0 spiro atoms. The lowest BCUT2D eigenvalue weighted by atomic mass is 9.96. The molecule has 1 aromatic heterocycles. The van der Waals surface area contributed by atoms with Gasteiger partial charge in [-0.3, -0.25) is 9.89 Å². The van der Waals surface area contributed by atoms with E-state index in [9.17, 15) is 4.79 Å². The predicted octanol–water partition coefficient (Wildman–Crippen LogP) is 4.29. The summed E-state index contributed by atoms with van der Waals surface area (Å²) in [5.41, 5.74) is 5.30. The van der Waals surface area contributed by atoms with Gasteiger partial charge in [-0.1, -0.05) is 12.1 Å². The van der Waals surface area contributed by atoms with E-state index >= 15 is 0 Å². The number of hydrogen-bond acceptors (Lipinski definition) is 3. The minimum Gasteiger partial charge on any atom is -0.385 e. The molecule has 1 saturated carbocycles. The van der Waals surface area contributed by atoms with Crippen LogP contribution in [0.25, 0.3) is 11.1 Å². The van der Waals surface area contributed by atoms with Gasteiger partial charge in [0.1, 0.15) is 0 Å². The maximum absolute atomic E-state index is 13.3. The number of nitrogens with zero attached hydrogens (tertiary/aromatic N) is 2. The largest absolute Gasteiger partial charge is 0.385 e. The molecule has 27 heavy (non-hydrogen) atoms. The van der Waals surface area contributed by atoms with Crippen molar-refractivity contribution in [3.8, 4) is 11.1 Å². The molecule has 5 heteroatoms. The highest BCUT2D eigenvalue weighted by Gasteiger charge is 2.31. The zero-order valence-electron chi connectivity index (χ0n) is 16.3. The third-order valence-electron chi connectivity index (χ3n) is 5.88. The Morgan fingerprint density at radius 1 is 1.30 bits per heavy atom. The van der Waals surface area contributed by atoms with Crippen molar-refractivity contribution in [3.63, 3.8) is 0 Å². The molecule has 2 heterocycles. The Morgan fingerprint density at radius 2 is 2.15 bits per heavy atom. The molecule has 2 aromatic rings. The highest BCUT2D eigenvalue weighted by molar-refractivity contribution is 5.96. The molecule has 4 rings (SSSR count). The van der Waals surface area contributed by atoms with Crippen LogP contribution in [0.2, 0.25) is 0 Å². The van der Waals surface area contributed by atoms with Crippen molar-refractivity contribution in [2.45, 2.75) is 57.4 Å². The molecule has 1 aliphatic heterocycles. The molecule has 0 bridgehead atoms. The SMILES string of the molecule is COCC[C@@H]1CCCCN1C(=O)c1cccc(-c2c(C3CC3)n[nH]c2C)c1. The zero-order chi connectivity index (χ0) is 18.8. The van der Waals surface area contributed by atoms with Crippen LogP contribution in [0.5, 0.6) is 0 Å². The lowest BCUT2D eigenvalue weighted by Gasteiger charge is -2.36. The normalized spacial score (nSPS) is 20.1. The Hall–Kier alpha value is -2.14.